The Bertz CT molecular complexity index is 205. The molecule has 0 heterocycles. The Kier molecular flexibility index (Phi) is 6.94. The van der Waals surface area contributed by atoms with E-state index in [0.717, 1.165) is 0 Å². The van der Waals surface area contributed by atoms with E-state index in [-0.39, 0.29) is 5.91 Å². The van der Waals surface area contributed by atoms with E-state index in [2.05, 4.69) is 11.9 Å². The maximum Gasteiger partial charge on any atom is 0.243 e. The molecule has 0 radical (unpaired) electrons. The van der Waals surface area contributed by atoms with E-state index < -0.39 is 5.79 Å². The predicted molar refractivity (Wildman–Crippen MR) is 58.2 cm³/mol. The minimum Gasteiger partial charge on any atom is -0.350 e. The van der Waals surface area contributed by atoms with Crippen LogP contribution in [0.2, 0.25) is 0 Å². The highest BCUT2D eigenvalue weighted by atomic mass is 16.7. The molecule has 3 N–H and O–H groups in total. The first-order chi connectivity index (χ1) is 7.02. The molecule has 1 amide bonds. The van der Waals surface area contributed by atoms with Gasteiger partial charge in [0, 0.05) is 13.1 Å². The van der Waals surface area contributed by atoms with Crippen molar-refractivity contribution in [2.75, 3.05) is 26.3 Å². The lowest BCUT2D eigenvalue weighted by atomic mass is 10.4. The average molecular weight is 216 g/mol. The molecule has 0 atom stereocenters. The van der Waals surface area contributed by atoms with E-state index in [1.807, 2.05) is 0 Å². The molecule has 88 valence electrons. The van der Waals surface area contributed by atoms with Gasteiger partial charge in [-0.05, 0) is 19.9 Å². The Morgan fingerprint density at radius 2 is 2.07 bits per heavy atom. The number of carbonyl (C=O) groups excluding carboxylic acids is 1. The number of ether oxygens (including phenoxy) is 2. The van der Waals surface area contributed by atoms with Crippen molar-refractivity contribution in [2.24, 2.45) is 5.73 Å². The summed E-state index contributed by atoms with van der Waals surface area (Å²) in [5, 5.41) is 2.60. The Balaban J connectivity index is 3.56. The quantitative estimate of drug-likeness (QED) is 0.341. The number of carbonyl (C=O) groups is 1. The molecule has 0 aromatic rings. The molecular weight excluding hydrogens is 196 g/mol. The summed E-state index contributed by atoms with van der Waals surface area (Å²) in [5.74, 6) is -0.877. The molecule has 0 aromatic heterocycles. The van der Waals surface area contributed by atoms with E-state index >= 15 is 0 Å². The van der Waals surface area contributed by atoms with Gasteiger partial charge in [0.2, 0.25) is 5.91 Å². The number of nitrogens with one attached hydrogen (secondary N) is 1. The molecule has 5 heteroatoms. The Hall–Kier alpha value is -0.910. The summed E-state index contributed by atoms with van der Waals surface area (Å²) in [4.78, 5) is 10.8. The number of hydrogen-bond acceptors (Lipinski definition) is 4. The van der Waals surface area contributed by atoms with Crippen LogP contribution in [-0.2, 0) is 14.3 Å². The molecule has 0 saturated carbocycles. The molecule has 0 aliphatic rings. The van der Waals surface area contributed by atoms with Gasteiger partial charge in [0.25, 0.3) is 0 Å². The Morgan fingerprint density at radius 1 is 1.47 bits per heavy atom. The Morgan fingerprint density at radius 3 is 2.60 bits per heavy atom. The van der Waals surface area contributed by atoms with E-state index in [0.29, 0.717) is 26.3 Å². The van der Waals surface area contributed by atoms with Crippen LogP contribution in [-0.4, -0.2) is 38.0 Å². The zero-order valence-corrected chi connectivity index (χ0v) is 9.41. The van der Waals surface area contributed by atoms with E-state index in [1.165, 1.54) is 6.08 Å². The highest BCUT2D eigenvalue weighted by Crippen LogP contribution is 2.09. The normalized spacial score (nSPS) is 11.1. The maximum atomic E-state index is 10.8. The molecule has 0 aliphatic heterocycles. The number of nitrogens with two attached hydrogens (primary N) is 1. The minimum atomic E-state index is -0.668. The molecule has 0 spiro atoms. The third-order valence-electron chi connectivity index (χ3n) is 1.60. The number of rotatable bonds is 8. The van der Waals surface area contributed by atoms with E-state index in [1.54, 1.807) is 13.8 Å². The van der Waals surface area contributed by atoms with Crippen molar-refractivity contribution in [1.82, 2.24) is 5.32 Å². The average Bonchev–Trinajstić information content (AvgIpc) is 2.21. The lowest BCUT2D eigenvalue weighted by Crippen LogP contribution is -2.34. The van der Waals surface area contributed by atoms with Crippen LogP contribution in [0, 0.1) is 0 Å². The fraction of sp³-hybridized carbons (Fsp3) is 0.700. The van der Waals surface area contributed by atoms with E-state index in [9.17, 15) is 4.79 Å². The summed E-state index contributed by atoms with van der Waals surface area (Å²) >= 11 is 0. The highest BCUT2D eigenvalue weighted by Gasteiger charge is 2.17. The van der Waals surface area contributed by atoms with Gasteiger partial charge in [-0.15, -0.1) is 0 Å². The molecule has 0 aliphatic carbocycles. The van der Waals surface area contributed by atoms with Gasteiger partial charge >= 0.3 is 0 Å². The molecule has 0 fully saturated rings. The van der Waals surface area contributed by atoms with Crippen molar-refractivity contribution in [3.8, 4) is 0 Å². The first kappa shape index (κ1) is 14.1. The van der Waals surface area contributed by atoms with Crippen LogP contribution in [0.15, 0.2) is 12.7 Å². The van der Waals surface area contributed by atoms with Crippen LogP contribution in [0.3, 0.4) is 0 Å². The first-order valence-corrected chi connectivity index (χ1v) is 4.90. The topological polar surface area (TPSA) is 73.6 Å². The second-order valence-electron chi connectivity index (χ2n) is 3.38. The van der Waals surface area contributed by atoms with Crippen LogP contribution >= 0.6 is 0 Å². The molecule has 0 aromatic carbocycles. The van der Waals surface area contributed by atoms with Gasteiger partial charge < -0.3 is 20.5 Å². The van der Waals surface area contributed by atoms with Gasteiger partial charge in [-0.25, -0.2) is 0 Å². The molecule has 15 heavy (non-hydrogen) atoms. The van der Waals surface area contributed by atoms with Crippen molar-refractivity contribution < 1.29 is 14.3 Å². The van der Waals surface area contributed by atoms with Crippen LogP contribution < -0.4 is 11.1 Å². The minimum absolute atomic E-state index is 0.209. The van der Waals surface area contributed by atoms with Crippen molar-refractivity contribution >= 4 is 5.91 Å². The molecule has 0 saturated heterocycles. The molecule has 5 nitrogen and oxygen atoms in total. The third kappa shape index (κ3) is 8.11. The SMILES string of the molecule is C=CC(=O)NCCOC(C)(C)OCCN. The fourth-order valence-electron chi connectivity index (χ4n) is 0.890. The maximum absolute atomic E-state index is 10.8. The zero-order chi connectivity index (χ0) is 11.7. The lowest BCUT2D eigenvalue weighted by Gasteiger charge is -2.25. The summed E-state index contributed by atoms with van der Waals surface area (Å²) in [7, 11) is 0. The zero-order valence-electron chi connectivity index (χ0n) is 9.41. The molecule has 0 rings (SSSR count). The number of amides is 1. The van der Waals surface area contributed by atoms with Crippen molar-refractivity contribution in [1.29, 1.82) is 0 Å². The summed E-state index contributed by atoms with van der Waals surface area (Å²) in [6, 6.07) is 0. The van der Waals surface area contributed by atoms with Crippen LogP contribution in [0.5, 0.6) is 0 Å². The van der Waals surface area contributed by atoms with Crippen molar-refractivity contribution in [3.05, 3.63) is 12.7 Å². The summed E-state index contributed by atoms with van der Waals surface area (Å²) < 4.78 is 10.7. The Labute approximate surface area is 90.6 Å². The third-order valence-corrected chi connectivity index (χ3v) is 1.60. The summed E-state index contributed by atoms with van der Waals surface area (Å²) in [6.07, 6.45) is 1.22. The van der Waals surface area contributed by atoms with E-state index in [4.69, 9.17) is 15.2 Å². The molecular formula is C10H20N2O3. The van der Waals surface area contributed by atoms with Gasteiger partial charge in [-0.2, -0.15) is 0 Å². The molecule has 0 bridgehead atoms. The monoisotopic (exact) mass is 216 g/mol. The number of hydrogen-bond donors (Lipinski definition) is 2. The fourth-order valence-corrected chi connectivity index (χ4v) is 0.890. The predicted octanol–water partition coefficient (Wildman–Crippen LogP) is 0.0166. The second-order valence-corrected chi connectivity index (χ2v) is 3.38. The van der Waals surface area contributed by atoms with Gasteiger partial charge in [0.05, 0.1) is 13.2 Å². The van der Waals surface area contributed by atoms with Gasteiger partial charge in [0.15, 0.2) is 5.79 Å². The lowest BCUT2D eigenvalue weighted by molar-refractivity contribution is -0.210. The van der Waals surface area contributed by atoms with Gasteiger partial charge in [-0.1, -0.05) is 6.58 Å². The van der Waals surface area contributed by atoms with Crippen LogP contribution in [0.1, 0.15) is 13.8 Å². The largest absolute Gasteiger partial charge is 0.350 e. The standard InChI is InChI=1S/C10H20N2O3/c1-4-9(13)12-6-8-15-10(2,3)14-7-5-11/h4H,1,5-8,11H2,2-3H3,(H,12,13). The van der Waals surface area contributed by atoms with Crippen molar-refractivity contribution in [2.45, 2.75) is 19.6 Å². The summed E-state index contributed by atoms with van der Waals surface area (Å²) in [6.45, 7) is 8.67. The van der Waals surface area contributed by atoms with Gasteiger partial charge in [0.1, 0.15) is 0 Å². The second kappa shape index (κ2) is 7.39. The van der Waals surface area contributed by atoms with Gasteiger partial charge in [-0.3, -0.25) is 4.79 Å². The summed E-state index contributed by atoms with van der Waals surface area (Å²) in [5.41, 5.74) is 5.30. The molecule has 0 unspecified atom stereocenters. The van der Waals surface area contributed by atoms with Crippen molar-refractivity contribution in [3.63, 3.8) is 0 Å². The van der Waals surface area contributed by atoms with Crippen LogP contribution in [0.25, 0.3) is 0 Å². The smallest absolute Gasteiger partial charge is 0.243 e. The van der Waals surface area contributed by atoms with Crippen LogP contribution in [0.4, 0.5) is 0 Å². The first-order valence-electron chi connectivity index (χ1n) is 4.90. The highest BCUT2D eigenvalue weighted by molar-refractivity contribution is 5.86.